The number of nitrogens with one attached hydrogen (secondary N) is 1. The zero-order chi connectivity index (χ0) is 10.5. The summed E-state index contributed by atoms with van der Waals surface area (Å²) in [5.74, 6) is 0.954. The predicted molar refractivity (Wildman–Crippen MR) is 67.4 cm³/mol. The molecule has 1 atom stereocenters. The zero-order valence-corrected chi connectivity index (χ0v) is 10.4. The van der Waals surface area contributed by atoms with Crippen LogP contribution in [0.25, 0.3) is 0 Å². The minimum absolute atomic E-state index is 0.625. The molecule has 1 fully saturated rings. The number of hydrogen-bond donors (Lipinski definition) is 1. The van der Waals surface area contributed by atoms with Gasteiger partial charge in [0, 0.05) is 6.04 Å². The van der Waals surface area contributed by atoms with Gasteiger partial charge in [0.15, 0.2) is 0 Å². The first kappa shape index (κ1) is 11.2. The van der Waals surface area contributed by atoms with Gasteiger partial charge in [-0.2, -0.15) is 11.3 Å². The molecule has 1 aromatic heterocycles. The molecule has 1 unspecified atom stereocenters. The van der Waals surface area contributed by atoms with E-state index in [1.165, 1.54) is 44.2 Å². The van der Waals surface area contributed by atoms with E-state index >= 15 is 0 Å². The summed E-state index contributed by atoms with van der Waals surface area (Å²) in [4.78, 5) is 0. The second-order valence-electron chi connectivity index (χ2n) is 4.80. The van der Waals surface area contributed by atoms with Crippen molar-refractivity contribution in [3.63, 3.8) is 0 Å². The lowest BCUT2D eigenvalue weighted by atomic mass is 10.1. The zero-order valence-electron chi connectivity index (χ0n) is 9.54. The molecule has 0 saturated heterocycles. The largest absolute Gasteiger partial charge is 0.314 e. The van der Waals surface area contributed by atoms with Gasteiger partial charge in [-0.25, -0.2) is 0 Å². The minimum Gasteiger partial charge on any atom is -0.314 e. The number of rotatable bonds is 5. The van der Waals surface area contributed by atoms with Crippen LogP contribution in [0, 0.1) is 5.92 Å². The van der Waals surface area contributed by atoms with Gasteiger partial charge in [0.1, 0.15) is 0 Å². The van der Waals surface area contributed by atoms with Crippen LogP contribution < -0.4 is 5.32 Å². The standard InChI is InChI=1S/C13H21NS/c1-11(8-13-6-7-15-10-13)14-9-12-4-2-3-5-12/h6-7,10-12,14H,2-5,8-9H2,1H3. The molecule has 1 nitrogen and oxygen atoms in total. The van der Waals surface area contributed by atoms with Gasteiger partial charge < -0.3 is 5.32 Å². The molecular weight excluding hydrogens is 202 g/mol. The quantitative estimate of drug-likeness (QED) is 0.806. The van der Waals surface area contributed by atoms with E-state index in [9.17, 15) is 0 Å². The summed E-state index contributed by atoms with van der Waals surface area (Å²) in [5, 5.41) is 8.09. The number of hydrogen-bond acceptors (Lipinski definition) is 2. The molecule has 0 amide bonds. The third-order valence-electron chi connectivity index (χ3n) is 3.35. The molecule has 84 valence electrons. The van der Waals surface area contributed by atoms with Gasteiger partial charge in [0.2, 0.25) is 0 Å². The highest BCUT2D eigenvalue weighted by Gasteiger charge is 2.15. The first-order valence-corrected chi connectivity index (χ1v) is 7.03. The maximum absolute atomic E-state index is 3.67. The Morgan fingerprint density at radius 3 is 2.93 bits per heavy atom. The third-order valence-corrected chi connectivity index (χ3v) is 4.08. The summed E-state index contributed by atoms with van der Waals surface area (Å²) < 4.78 is 0. The monoisotopic (exact) mass is 223 g/mol. The van der Waals surface area contributed by atoms with Crippen molar-refractivity contribution in [2.24, 2.45) is 5.92 Å². The molecule has 1 saturated carbocycles. The molecule has 1 aromatic rings. The fourth-order valence-corrected chi connectivity index (χ4v) is 3.10. The van der Waals surface area contributed by atoms with Crippen LogP contribution in [0.15, 0.2) is 16.8 Å². The van der Waals surface area contributed by atoms with Gasteiger partial charge in [-0.1, -0.05) is 12.8 Å². The Hall–Kier alpha value is -0.340. The van der Waals surface area contributed by atoms with Crippen molar-refractivity contribution in [3.8, 4) is 0 Å². The highest BCUT2D eigenvalue weighted by Crippen LogP contribution is 2.23. The van der Waals surface area contributed by atoms with Crippen LogP contribution in [0.5, 0.6) is 0 Å². The molecule has 2 heteroatoms. The lowest BCUT2D eigenvalue weighted by Crippen LogP contribution is -2.31. The summed E-state index contributed by atoms with van der Waals surface area (Å²) >= 11 is 1.80. The molecule has 0 aliphatic heterocycles. The third kappa shape index (κ3) is 3.62. The molecule has 2 rings (SSSR count). The molecule has 0 radical (unpaired) electrons. The fraction of sp³-hybridized carbons (Fsp3) is 0.692. The van der Waals surface area contributed by atoms with Crippen molar-refractivity contribution in [2.75, 3.05) is 6.54 Å². The molecular formula is C13H21NS. The molecule has 1 aliphatic carbocycles. The first-order chi connectivity index (χ1) is 7.34. The molecule has 0 aromatic carbocycles. The predicted octanol–water partition coefficient (Wildman–Crippen LogP) is 3.46. The van der Waals surface area contributed by atoms with Crippen molar-refractivity contribution in [3.05, 3.63) is 22.4 Å². The fourth-order valence-electron chi connectivity index (χ4n) is 2.42. The van der Waals surface area contributed by atoms with Gasteiger partial charge in [0.05, 0.1) is 0 Å². The van der Waals surface area contributed by atoms with Crippen LogP contribution in [0.4, 0.5) is 0 Å². The lowest BCUT2D eigenvalue weighted by Gasteiger charge is -2.16. The Balaban J connectivity index is 1.66. The Morgan fingerprint density at radius 2 is 2.27 bits per heavy atom. The topological polar surface area (TPSA) is 12.0 Å². The SMILES string of the molecule is CC(Cc1ccsc1)NCC1CCCC1. The Labute approximate surface area is 96.9 Å². The highest BCUT2D eigenvalue weighted by atomic mass is 32.1. The van der Waals surface area contributed by atoms with E-state index in [0.717, 1.165) is 5.92 Å². The van der Waals surface area contributed by atoms with Crippen LogP contribution in [-0.2, 0) is 6.42 Å². The highest BCUT2D eigenvalue weighted by molar-refractivity contribution is 7.07. The van der Waals surface area contributed by atoms with E-state index in [-0.39, 0.29) is 0 Å². The normalized spacial score (nSPS) is 19.5. The van der Waals surface area contributed by atoms with Gasteiger partial charge in [0.25, 0.3) is 0 Å². The van der Waals surface area contributed by atoms with Gasteiger partial charge in [-0.3, -0.25) is 0 Å². The van der Waals surface area contributed by atoms with Crippen LogP contribution in [0.2, 0.25) is 0 Å². The Bertz CT molecular complexity index is 262. The molecule has 15 heavy (non-hydrogen) atoms. The summed E-state index contributed by atoms with van der Waals surface area (Å²) in [6.45, 7) is 3.53. The van der Waals surface area contributed by atoms with E-state index in [0.29, 0.717) is 6.04 Å². The maximum atomic E-state index is 3.67. The van der Waals surface area contributed by atoms with E-state index < -0.39 is 0 Å². The first-order valence-electron chi connectivity index (χ1n) is 6.09. The maximum Gasteiger partial charge on any atom is 0.00795 e. The molecule has 1 N–H and O–H groups in total. The molecule has 0 spiro atoms. The van der Waals surface area contributed by atoms with Crippen molar-refractivity contribution < 1.29 is 0 Å². The van der Waals surface area contributed by atoms with Crippen LogP contribution >= 0.6 is 11.3 Å². The summed E-state index contributed by atoms with van der Waals surface area (Å²) in [6.07, 6.45) is 6.96. The Kier molecular flexibility index (Phi) is 4.21. The summed E-state index contributed by atoms with van der Waals surface area (Å²) in [5.41, 5.74) is 1.48. The minimum atomic E-state index is 0.625. The van der Waals surface area contributed by atoms with E-state index in [2.05, 4.69) is 29.1 Å². The van der Waals surface area contributed by atoms with Crippen LogP contribution in [0.3, 0.4) is 0 Å². The van der Waals surface area contributed by atoms with Gasteiger partial charge in [-0.05, 0) is 61.0 Å². The smallest absolute Gasteiger partial charge is 0.00795 e. The van der Waals surface area contributed by atoms with Crippen LogP contribution in [-0.4, -0.2) is 12.6 Å². The molecule has 1 aliphatic rings. The summed E-state index contributed by atoms with van der Waals surface area (Å²) in [6, 6.07) is 2.86. The average molecular weight is 223 g/mol. The van der Waals surface area contributed by atoms with Crippen LogP contribution in [0.1, 0.15) is 38.2 Å². The molecule has 0 bridgehead atoms. The van der Waals surface area contributed by atoms with Crippen molar-refractivity contribution in [1.82, 2.24) is 5.32 Å². The van der Waals surface area contributed by atoms with Crippen molar-refractivity contribution in [1.29, 1.82) is 0 Å². The van der Waals surface area contributed by atoms with E-state index in [4.69, 9.17) is 0 Å². The van der Waals surface area contributed by atoms with Gasteiger partial charge in [-0.15, -0.1) is 0 Å². The van der Waals surface area contributed by atoms with E-state index in [1.54, 1.807) is 11.3 Å². The van der Waals surface area contributed by atoms with Gasteiger partial charge >= 0.3 is 0 Å². The second-order valence-corrected chi connectivity index (χ2v) is 5.58. The Morgan fingerprint density at radius 1 is 1.47 bits per heavy atom. The van der Waals surface area contributed by atoms with Crippen molar-refractivity contribution in [2.45, 2.75) is 45.1 Å². The molecule has 1 heterocycles. The number of thiophene rings is 1. The lowest BCUT2D eigenvalue weighted by molar-refractivity contribution is 0.444. The average Bonchev–Trinajstić information content (AvgIpc) is 2.86. The van der Waals surface area contributed by atoms with E-state index in [1.807, 2.05) is 0 Å². The van der Waals surface area contributed by atoms with Crippen molar-refractivity contribution >= 4 is 11.3 Å². The summed E-state index contributed by atoms with van der Waals surface area (Å²) in [7, 11) is 0. The second kappa shape index (κ2) is 5.66.